The molecule has 7 rings (SSSR count). The minimum atomic E-state index is -1.51. The first-order valence-corrected chi connectivity index (χ1v) is 13.3. The number of fused-ring (bicyclic) bond motifs is 5. The van der Waals surface area contributed by atoms with Gasteiger partial charge in [0, 0.05) is 16.2 Å². The standard InChI is InChI=1S/C34H30BNO2/c1-22-11-13-24(14-12-22)34(33(3)19-17-23(2)18-20-33)28-8-4-5-10-31(28)36-30-16-15-25(35(37)38)21-27(30)26-7-6-9-29(34)32(26)36/h4-19,21,37-38H,20H2,1-3H3. The van der Waals surface area contributed by atoms with Gasteiger partial charge >= 0.3 is 7.12 Å². The Balaban J connectivity index is 1.71. The molecule has 0 saturated carbocycles. The molecule has 4 aromatic carbocycles. The number of allylic oxidation sites excluding steroid dienone is 4. The predicted molar refractivity (Wildman–Crippen MR) is 157 cm³/mol. The quantitative estimate of drug-likeness (QED) is 0.287. The number of nitrogens with zero attached hydrogens (tertiary/aromatic N) is 1. The maximum atomic E-state index is 9.96. The first-order chi connectivity index (χ1) is 18.3. The van der Waals surface area contributed by atoms with Gasteiger partial charge in [-0.2, -0.15) is 0 Å². The van der Waals surface area contributed by atoms with Gasteiger partial charge in [0.2, 0.25) is 0 Å². The summed E-state index contributed by atoms with van der Waals surface area (Å²) < 4.78 is 2.38. The van der Waals surface area contributed by atoms with Gasteiger partial charge in [-0.25, -0.2) is 0 Å². The lowest BCUT2D eigenvalue weighted by molar-refractivity contribution is 0.285. The molecule has 2 atom stereocenters. The molecule has 2 aliphatic rings. The average Bonchev–Trinajstić information content (AvgIpc) is 3.26. The number of hydrogen-bond acceptors (Lipinski definition) is 2. The number of rotatable bonds is 3. The number of para-hydroxylation sites is 2. The molecule has 4 heteroatoms. The second-order valence-electron chi connectivity index (χ2n) is 11.2. The lowest BCUT2D eigenvalue weighted by Crippen LogP contribution is -2.47. The fraction of sp³-hybridized carbons (Fsp3) is 0.176. The van der Waals surface area contributed by atoms with Gasteiger partial charge in [-0.15, -0.1) is 0 Å². The number of aryl methyl sites for hydroxylation is 1. The van der Waals surface area contributed by atoms with Crippen molar-refractivity contribution in [3.63, 3.8) is 0 Å². The van der Waals surface area contributed by atoms with Crippen molar-refractivity contribution in [1.29, 1.82) is 0 Å². The summed E-state index contributed by atoms with van der Waals surface area (Å²) in [6.45, 7) is 6.72. The highest BCUT2D eigenvalue weighted by Crippen LogP contribution is 2.61. The van der Waals surface area contributed by atoms with Gasteiger partial charge in [-0.1, -0.05) is 109 Å². The fourth-order valence-corrected chi connectivity index (χ4v) is 7.09. The molecule has 2 heterocycles. The Bertz CT molecular complexity index is 1810. The van der Waals surface area contributed by atoms with Gasteiger partial charge in [-0.3, -0.25) is 0 Å². The Hall–Kier alpha value is -3.86. The first kappa shape index (κ1) is 23.3. The summed E-state index contributed by atoms with van der Waals surface area (Å²) in [4.78, 5) is 0. The molecule has 2 unspecified atom stereocenters. The lowest BCUT2D eigenvalue weighted by Gasteiger charge is -2.52. The van der Waals surface area contributed by atoms with Crippen LogP contribution in [0.2, 0.25) is 0 Å². The fourth-order valence-electron chi connectivity index (χ4n) is 7.09. The monoisotopic (exact) mass is 495 g/mol. The van der Waals surface area contributed by atoms with Gasteiger partial charge in [-0.05, 0) is 54.6 Å². The zero-order valence-corrected chi connectivity index (χ0v) is 21.9. The molecule has 1 aliphatic carbocycles. The Labute approximate surface area is 223 Å². The van der Waals surface area contributed by atoms with E-state index in [2.05, 4.69) is 110 Å². The third kappa shape index (κ3) is 2.93. The maximum Gasteiger partial charge on any atom is 0.488 e. The van der Waals surface area contributed by atoms with E-state index in [0.29, 0.717) is 5.46 Å². The van der Waals surface area contributed by atoms with Crippen LogP contribution in [0.4, 0.5) is 0 Å². The van der Waals surface area contributed by atoms with Crippen LogP contribution in [0.15, 0.2) is 109 Å². The molecule has 0 saturated heterocycles. The summed E-state index contributed by atoms with van der Waals surface area (Å²) >= 11 is 0. The molecular weight excluding hydrogens is 465 g/mol. The van der Waals surface area contributed by atoms with Crippen molar-refractivity contribution < 1.29 is 10.0 Å². The van der Waals surface area contributed by atoms with Gasteiger partial charge in [0.1, 0.15) is 0 Å². The molecule has 2 N–H and O–H groups in total. The van der Waals surface area contributed by atoms with E-state index in [0.717, 1.165) is 22.7 Å². The SMILES string of the molecule is CC1=CCC(C)(C2(c3ccc(C)cc3)c3ccccc3-n3c4ccc(B(O)O)cc4c4cccc2c43)C=C1. The summed E-state index contributed by atoms with van der Waals surface area (Å²) in [6.07, 6.45) is 8.00. The van der Waals surface area contributed by atoms with Crippen molar-refractivity contribution in [2.75, 3.05) is 0 Å². The summed E-state index contributed by atoms with van der Waals surface area (Å²) in [5, 5.41) is 22.1. The predicted octanol–water partition coefficient (Wildman–Crippen LogP) is 6.33. The molecule has 1 aliphatic heterocycles. The highest BCUT2D eigenvalue weighted by atomic mass is 16.4. The highest BCUT2D eigenvalue weighted by Gasteiger charge is 2.54. The Morgan fingerprint density at radius 2 is 1.58 bits per heavy atom. The lowest BCUT2D eigenvalue weighted by atomic mass is 9.51. The van der Waals surface area contributed by atoms with E-state index < -0.39 is 12.5 Å². The summed E-state index contributed by atoms with van der Waals surface area (Å²) in [6, 6.07) is 30.3. The smallest absolute Gasteiger partial charge is 0.423 e. The van der Waals surface area contributed by atoms with Gasteiger partial charge in [0.05, 0.1) is 22.1 Å². The van der Waals surface area contributed by atoms with E-state index in [-0.39, 0.29) is 5.41 Å². The Morgan fingerprint density at radius 3 is 2.32 bits per heavy atom. The van der Waals surface area contributed by atoms with Crippen molar-refractivity contribution in [2.45, 2.75) is 32.6 Å². The van der Waals surface area contributed by atoms with E-state index in [1.165, 1.54) is 39.0 Å². The van der Waals surface area contributed by atoms with Crippen LogP contribution in [-0.2, 0) is 5.41 Å². The summed E-state index contributed by atoms with van der Waals surface area (Å²) in [5.74, 6) is 0. The van der Waals surface area contributed by atoms with Crippen LogP contribution in [0.5, 0.6) is 0 Å². The second-order valence-corrected chi connectivity index (χ2v) is 11.2. The Morgan fingerprint density at radius 1 is 0.816 bits per heavy atom. The molecule has 0 fully saturated rings. The van der Waals surface area contributed by atoms with E-state index in [9.17, 15) is 10.0 Å². The van der Waals surface area contributed by atoms with Crippen LogP contribution < -0.4 is 5.46 Å². The van der Waals surface area contributed by atoms with Crippen LogP contribution in [0.1, 0.15) is 42.5 Å². The molecule has 5 aromatic rings. The van der Waals surface area contributed by atoms with Crippen molar-refractivity contribution in [1.82, 2.24) is 4.57 Å². The molecule has 186 valence electrons. The molecule has 1 aromatic heterocycles. The van der Waals surface area contributed by atoms with Gasteiger partial charge in [0.15, 0.2) is 0 Å². The minimum Gasteiger partial charge on any atom is -0.423 e. The Kier molecular flexibility index (Phi) is 4.94. The normalized spacial score (nSPS) is 22.0. The average molecular weight is 495 g/mol. The first-order valence-electron chi connectivity index (χ1n) is 13.3. The third-order valence-corrected chi connectivity index (χ3v) is 8.97. The summed E-state index contributed by atoms with van der Waals surface area (Å²) in [5.41, 5.74) is 9.66. The van der Waals surface area contributed by atoms with Crippen LogP contribution in [-0.4, -0.2) is 21.7 Å². The number of benzene rings is 4. The van der Waals surface area contributed by atoms with Crippen LogP contribution in [0, 0.1) is 12.3 Å². The topological polar surface area (TPSA) is 45.4 Å². The largest absolute Gasteiger partial charge is 0.488 e. The zero-order chi connectivity index (χ0) is 26.2. The van der Waals surface area contributed by atoms with Crippen LogP contribution in [0.25, 0.3) is 27.5 Å². The van der Waals surface area contributed by atoms with Crippen LogP contribution in [0.3, 0.4) is 0 Å². The molecule has 0 spiro atoms. The number of aromatic nitrogens is 1. The van der Waals surface area contributed by atoms with Crippen molar-refractivity contribution >= 4 is 34.4 Å². The molecule has 0 radical (unpaired) electrons. The maximum absolute atomic E-state index is 9.96. The van der Waals surface area contributed by atoms with Gasteiger partial charge in [0.25, 0.3) is 0 Å². The molecule has 3 nitrogen and oxygen atoms in total. The summed E-state index contributed by atoms with van der Waals surface area (Å²) in [7, 11) is -1.51. The molecule has 38 heavy (non-hydrogen) atoms. The van der Waals surface area contributed by atoms with E-state index in [1.54, 1.807) is 0 Å². The van der Waals surface area contributed by atoms with E-state index in [4.69, 9.17) is 0 Å². The molecule has 0 amide bonds. The van der Waals surface area contributed by atoms with Crippen molar-refractivity contribution in [3.8, 4) is 5.69 Å². The highest BCUT2D eigenvalue weighted by molar-refractivity contribution is 6.59. The van der Waals surface area contributed by atoms with Gasteiger partial charge < -0.3 is 14.6 Å². The molecular formula is C34H30BNO2. The van der Waals surface area contributed by atoms with Crippen LogP contribution >= 0.6 is 0 Å². The van der Waals surface area contributed by atoms with E-state index in [1.807, 2.05) is 18.2 Å². The zero-order valence-electron chi connectivity index (χ0n) is 21.9. The minimum absolute atomic E-state index is 0.222. The molecule has 0 bridgehead atoms. The van der Waals surface area contributed by atoms with Crippen molar-refractivity contribution in [2.24, 2.45) is 5.41 Å². The third-order valence-electron chi connectivity index (χ3n) is 8.97. The van der Waals surface area contributed by atoms with E-state index >= 15 is 0 Å². The van der Waals surface area contributed by atoms with Crippen molar-refractivity contribution in [3.05, 3.63) is 131 Å². The second kappa shape index (κ2) is 8.07. The number of hydrogen-bond donors (Lipinski definition) is 2.